The number of aliphatic carboxylic acids is 1. The zero-order valence-corrected chi connectivity index (χ0v) is 19.6. The van der Waals surface area contributed by atoms with Crippen LogP contribution in [0.2, 0.25) is 0 Å². The van der Waals surface area contributed by atoms with Crippen LogP contribution in [0.3, 0.4) is 0 Å². The van der Waals surface area contributed by atoms with Crippen molar-refractivity contribution in [3.05, 3.63) is 108 Å². The van der Waals surface area contributed by atoms with E-state index in [0.717, 1.165) is 29.8 Å². The third kappa shape index (κ3) is 6.28. The van der Waals surface area contributed by atoms with E-state index < -0.39 is 17.6 Å². The first kappa shape index (κ1) is 25.3. The lowest BCUT2D eigenvalue weighted by Crippen LogP contribution is -2.54. The summed E-state index contributed by atoms with van der Waals surface area (Å²) in [6.07, 6.45) is 0. The number of nitrogens with one attached hydrogen (secondary N) is 2. The maximum Gasteiger partial charge on any atom is 0.321 e. The van der Waals surface area contributed by atoms with Gasteiger partial charge in [0.1, 0.15) is 6.04 Å². The predicted molar refractivity (Wildman–Crippen MR) is 133 cm³/mol. The highest BCUT2D eigenvalue weighted by Gasteiger charge is 2.40. The lowest BCUT2D eigenvalue weighted by atomic mass is 9.76. The fourth-order valence-electron chi connectivity index (χ4n) is 3.81. The quantitative estimate of drug-likeness (QED) is 0.402. The molecular formula is C28H36N2O2. The van der Waals surface area contributed by atoms with Crippen molar-refractivity contribution < 1.29 is 9.90 Å². The Labute approximate surface area is 192 Å². The standard InChI is InChI=1S/C24H25NO2.C4H11N/c1-18(2)22(23(26)27)25-24(19-12-6-3-7-13-19,20-14-8-4-9-15-20)21-16-10-5-11-17-21;1-3-5-4-2/h3-18,22,25H,1-2H3,(H,26,27);5H,3-4H2,1-2H3/t22-;/m1./s1. The zero-order chi connectivity index (χ0) is 23.4. The molecule has 1 atom stereocenters. The molecule has 0 aliphatic heterocycles. The van der Waals surface area contributed by atoms with E-state index in [1.165, 1.54) is 0 Å². The van der Waals surface area contributed by atoms with Gasteiger partial charge in [-0.25, -0.2) is 0 Å². The third-order valence-corrected chi connectivity index (χ3v) is 5.43. The Bertz CT molecular complexity index is 813. The SMILES string of the molecule is CC(C)[C@@H](NC(c1ccccc1)(c1ccccc1)c1ccccc1)C(=O)O.CCNCC. The molecule has 3 rings (SSSR count). The Morgan fingerprint density at radius 3 is 1.31 bits per heavy atom. The molecule has 0 heterocycles. The molecule has 0 fully saturated rings. The van der Waals surface area contributed by atoms with Crippen LogP contribution in [0.15, 0.2) is 91.0 Å². The van der Waals surface area contributed by atoms with Crippen LogP contribution < -0.4 is 10.6 Å². The minimum absolute atomic E-state index is 0.0713. The highest BCUT2D eigenvalue weighted by atomic mass is 16.4. The first-order valence-electron chi connectivity index (χ1n) is 11.3. The van der Waals surface area contributed by atoms with Gasteiger partial charge in [-0.05, 0) is 35.7 Å². The van der Waals surface area contributed by atoms with Crippen molar-refractivity contribution in [3.63, 3.8) is 0 Å². The van der Waals surface area contributed by atoms with Crippen molar-refractivity contribution >= 4 is 5.97 Å². The normalized spacial score (nSPS) is 12.0. The first-order valence-corrected chi connectivity index (χ1v) is 11.3. The number of carbonyl (C=O) groups is 1. The van der Waals surface area contributed by atoms with Crippen LogP contribution in [0.25, 0.3) is 0 Å². The molecule has 3 aromatic rings. The van der Waals surface area contributed by atoms with Crippen LogP contribution in [-0.4, -0.2) is 30.2 Å². The van der Waals surface area contributed by atoms with Gasteiger partial charge in [-0.2, -0.15) is 0 Å². The average Bonchev–Trinajstić information content (AvgIpc) is 2.82. The van der Waals surface area contributed by atoms with Gasteiger partial charge in [-0.3, -0.25) is 10.1 Å². The summed E-state index contributed by atoms with van der Waals surface area (Å²) in [6.45, 7) is 10.2. The fourth-order valence-corrected chi connectivity index (χ4v) is 3.81. The summed E-state index contributed by atoms with van der Waals surface area (Å²) in [5, 5.41) is 16.5. The molecular weight excluding hydrogens is 396 g/mol. The van der Waals surface area contributed by atoms with Gasteiger partial charge >= 0.3 is 5.97 Å². The van der Waals surface area contributed by atoms with Crippen molar-refractivity contribution in [1.29, 1.82) is 0 Å². The number of rotatable bonds is 9. The summed E-state index contributed by atoms with van der Waals surface area (Å²) < 4.78 is 0. The van der Waals surface area contributed by atoms with E-state index in [1.807, 2.05) is 105 Å². The van der Waals surface area contributed by atoms with Crippen LogP contribution in [0.1, 0.15) is 44.4 Å². The maximum absolute atomic E-state index is 12.1. The van der Waals surface area contributed by atoms with Gasteiger partial charge in [0.05, 0.1) is 5.54 Å². The van der Waals surface area contributed by atoms with E-state index in [9.17, 15) is 9.90 Å². The summed E-state index contributed by atoms with van der Waals surface area (Å²) in [6, 6.07) is 29.4. The van der Waals surface area contributed by atoms with Crippen LogP contribution in [0.5, 0.6) is 0 Å². The zero-order valence-electron chi connectivity index (χ0n) is 19.6. The summed E-state index contributed by atoms with van der Waals surface area (Å²) in [7, 11) is 0. The molecule has 3 aromatic carbocycles. The topological polar surface area (TPSA) is 61.4 Å². The van der Waals surface area contributed by atoms with Crippen LogP contribution in [-0.2, 0) is 10.3 Å². The van der Waals surface area contributed by atoms with E-state index >= 15 is 0 Å². The molecule has 0 radical (unpaired) electrons. The molecule has 0 aromatic heterocycles. The highest BCUT2D eigenvalue weighted by molar-refractivity contribution is 5.74. The van der Waals surface area contributed by atoms with Crippen LogP contribution in [0, 0.1) is 5.92 Å². The van der Waals surface area contributed by atoms with E-state index in [-0.39, 0.29) is 5.92 Å². The molecule has 0 saturated carbocycles. The Morgan fingerprint density at radius 1 is 0.750 bits per heavy atom. The predicted octanol–water partition coefficient (Wildman–Crippen LogP) is 5.29. The fraction of sp³-hybridized carbons (Fsp3) is 0.321. The van der Waals surface area contributed by atoms with Gasteiger partial charge < -0.3 is 10.4 Å². The van der Waals surface area contributed by atoms with Crippen molar-refractivity contribution in [2.24, 2.45) is 5.92 Å². The molecule has 0 amide bonds. The summed E-state index contributed by atoms with van der Waals surface area (Å²) >= 11 is 0. The highest BCUT2D eigenvalue weighted by Crippen LogP contribution is 2.37. The van der Waals surface area contributed by atoms with Crippen LogP contribution >= 0.6 is 0 Å². The lowest BCUT2D eigenvalue weighted by Gasteiger charge is -2.40. The number of carboxylic acid groups (broad SMARTS) is 1. The Hall–Kier alpha value is -2.95. The average molecular weight is 433 g/mol. The lowest BCUT2D eigenvalue weighted by molar-refractivity contribution is -0.141. The van der Waals surface area contributed by atoms with E-state index in [2.05, 4.69) is 24.5 Å². The summed E-state index contributed by atoms with van der Waals surface area (Å²) in [4.78, 5) is 12.1. The molecule has 0 aliphatic carbocycles. The van der Waals surface area contributed by atoms with Gasteiger partial charge in [-0.1, -0.05) is 119 Å². The van der Waals surface area contributed by atoms with E-state index in [4.69, 9.17) is 0 Å². The molecule has 4 nitrogen and oxygen atoms in total. The van der Waals surface area contributed by atoms with Gasteiger partial charge in [0.25, 0.3) is 0 Å². The second-order valence-electron chi connectivity index (χ2n) is 8.01. The number of hydrogen-bond acceptors (Lipinski definition) is 3. The molecule has 32 heavy (non-hydrogen) atoms. The summed E-state index contributed by atoms with van der Waals surface area (Å²) in [5.74, 6) is -0.921. The largest absolute Gasteiger partial charge is 0.480 e. The van der Waals surface area contributed by atoms with Crippen LogP contribution in [0.4, 0.5) is 0 Å². The molecule has 0 spiro atoms. The summed E-state index contributed by atoms with van der Waals surface area (Å²) in [5.41, 5.74) is 2.26. The molecule has 0 saturated heterocycles. The molecule has 170 valence electrons. The smallest absolute Gasteiger partial charge is 0.321 e. The van der Waals surface area contributed by atoms with E-state index in [1.54, 1.807) is 0 Å². The van der Waals surface area contributed by atoms with Gasteiger partial charge in [0.2, 0.25) is 0 Å². The van der Waals surface area contributed by atoms with Gasteiger partial charge in [0.15, 0.2) is 0 Å². The van der Waals surface area contributed by atoms with Crippen molar-refractivity contribution in [3.8, 4) is 0 Å². The molecule has 0 unspecified atom stereocenters. The first-order chi connectivity index (χ1) is 15.5. The second-order valence-corrected chi connectivity index (χ2v) is 8.01. The maximum atomic E-state index is 12.1. The number of carboxylic acids is 1. The minimum Gasteiger partial charge on any atom is -0.480 e. The second kappa shape index (κ2) is 12.8. The van der Waals surface area contributed by atoms with Gasteiger partial charge in [-0.15, -0.1) is 0 Å². The van der Waals surface area contributed by atoms with E-state index in [0.29, 0.717) is 0 Å². The molecule has 0 bridgehead atoms. The number of hydrogen-bond donors (Lipinski definition) is 3. The van der Waals surface area contributed by atoms with Crippen molar-refractivity contribution in [2.45, 2.75) is 39.3 Å². The Kier molecular flexibility index (Phi) is 10.1. The minimum atomic E-state index is -0.850. The van der Waals surface area contributed by atoms with Crippen molar-refractivity contribution in [1.82, 2.24) is 10.6 Å². The Morgan fingerprint density at radius 2 is 1.09 bits per heavy atom. The van der Waals surface area contributed by atoms with Gasteiger partial charge in [0, 0.05) is 0 Å². The van der Waals surface area contributed by atoms with Crippen molar-refractivity contribution in [2.75, 3.05) is 13.1 Å². The third-order valence-electron chi connectivity index (χ3n) is 5.43. The molecule has 4 heteroatoms. The molecule has 0 aliphatic rings. The Balaban J connectivity index is 0.000000654. The molecule has 3 N–H and O–H groups in total. The monoisotopic (exact) mass is 432 g/mol. The number of benzene rings is 3.